The Kier molecular flexibility index (Phi) is 5.05. The monoisotopic (exact) mass is 431 g/mol. The third-order valence-electron chi connectivity index (χ3n) is 9.48. The van der Waals surface area contributed by atoms with Gasteiger partial charge >= 0.3 is 0 Å². The number of nitrogens with zero attached hydrogens (tertiary/aromatic N) is 1. The van der Waals surface area contributed by atoms with Gasteiger partial charge in [0.05, 0.1) is 31.6 Å². The lowest BCUT2D eigenvalue weighted by molar-refractivity contribution is -0.929. The number of hydrogen-bond donors (Lipinski definition) is 1. The van der Waals surface area contributed by atoms with Crippen molar-refractivity contribution in [2.24, 2.45) is 16.2 Å². The van der Waals surface area contributed by atoms with Crippen molar-refractivity contribution in [3.8, 4) is 0 Å². The van der Waals surface area contributed by atoms with Gasteiger partial charge in [-0.25, -0.2) is 0 Å². The molecule has 4 nitrogen and oxygen atoms in total. The number of quaternary nitrogens is 1. The third-order valence-corrected chi connectivity index (χ3v) is 9.48. The van der Waals surface area contributed by atoms with Crippen molar-refractivity contribution in [1.82, 2.24) is 4.90 Å². The molecule has 2 aromatic rings. The standard InChI is InChI=1S/C28H34N2O2/c1-26(2)27(3)14-15-28(26,20-23(27)31)25(32)30-18-16-29(17-19-30)24(21-10-6-4-7-11-21)22-12-8-5-9-13-22/h4-13,24H,14-20H2,1-3H3/p+1/t27-,28+/m1/s1. The van der Waals surface area contributed by atoms with E-state index in [0.717, 1.165) is 39.0 Å². The van der Waals surface area contributed by atoms with Gasteiger partial charge < -0.3 is 9.80 Å². The van der Waals surface area contributed by atoms with Crippen LogP contribution in [0.4, 0.5) is 0 Å². The molecule has 5 rings (SSSR count). The average Bonchev–Trinajstić information content (AvgIpc) is 3.11. The van der Waals surface area contributed by atoms with Crippen molar-refractivity contribution in [1.29, 1.82) is 0 Å². The summed E-state index contributed by atoms with van der Waals surface area (Å²) in [6.45, 7) is 9.75. The Morgan fingerprint density at radius 1 is 0.875 bits per heavy atom. The van der Waals surface area contributed by atoms with Gasteiger partial charge in [0.15, 0.2) is 0 Å². The van der Waals surface area contributed by atoms with Crippen LogP contribution in [0.1, 0.15) is 57.2 Å². The lowest BCUT2D eigenvalue weighted by atomic mass is 9.64. The second kappa shape index (κ2) is 7.55. The number of nitrogens with one attached hydrogen (secondary N) is 1. The van der Waals surface area contributed by atoms with Gasteiger partial charge in [-0.3, -0.25) is 9.59 Å². The second-order valence-electron chi connectivity index (χ2n) is 10.8. The Balaban J connectivity index is 1.36. The van der Waals surface area contributed by atoms with E-state index in [9.17, 15) is 9.59 Å². The number of piperazine rings is 1. The lowest BCUT2D eigenvalue weighted by Gasteiger charge is -2.44. The molecule has 2 aliphatic carbocycles. The number of carbonyl (C=O) groups is 2. The van der Waals surface area contributed by atoms with Gasteiger partial charge in [-0.05, 0) is 18.3 Å². The van der Waals surface area contributed by atoms with Gasteiger partial charge in [0, 0.05) is 23.0 Å². The largest absolute Gasteiger partial charge is 0.331 e. The molecule has 1 N–H and O–H groups in total. The van der Waals surface area contributed by atoms with E-state index in [1.54, 1.807) is 0 Å². The van der Waals surface area contributed by atoms with E-state index >= 15 is 0 Å². The van der Waals surface area contributed by atoms with Gasteiger partial charge in [-0.1, -0.05) is 81.4 Å². The summed E-state index contributed by atoms with van der Waals surface area (Å²) in [4.78, 5) is 30.3. The van der Waals surface area contributed by atoms with E-state index in [2.05, 4.69) is 86.3 Å². The minimum absolute atomic E-state index is 0.229. The first-order chi connectivity index (χ1) is 15.3. The van der Waals surface area contributed by atoms with Gasteiger partial charge in [-0.2, -0.15) is 0 Å². The topological polar surface area (TPSA) is 41.8 Å². The zero-order valence-electron chi connectivity index (χ0n) is 19.6. The molecular formula is C28H35N2O2+. The summed E-state index contributed by atoms with van der Waals surface area (Å²) in [7, 11) is 0. The number of Topliss-reactive ketones (excluding diaryl/α,β-unsaturated/α-hetero) is 1. The van der Waals surface area contributed by atoms with Gasteiger partial charge in [0.2, 0.25) is 5.91 Å². The highest BCUT2D eigenvalue weighted by molar-refractivity contribution is 5.99. The van der Waals surface area contributed by atoms with E-state index in [0.29, 0.717) is 12.2 Å². The highest BCUT2D eigenvalue weighted by Crippen LogP contribution is 2.71. The van der Waals surface area contributed by atoms with Crippen LogP contribution in [0.2, 0.25) is 0 Å². The van der Waals surface area contributed by atoms with Crippen LogP contribution in [0.5, 0.6) is 0 Å². The molecule has 0 spiro atoms. The number of fused-ring (bicyclic) bond motifs is 2. The normalized spacial score (nSPS) is 29.6. The fraction of sp³-hybridized carbons (Fsp3) is 0.500. The van der Waals surface area contributed by atoms with Crippen molar-refractivity contribution < 1.29 is 14.5 Å². The van der Waals surface area contributed by atoms with E-state index in [1.807, 2.05) is 0 Å². The number of rotatable bonds is 4. The first kappa shape index (κ1) is 21.4. The summed E-state index contributed by atoms with van der Waals surface area (Å²) in [5.41, 5.74) is 1.52. The van der Waals surface area contributed by atoms with Crippen molar-refractivity contribution >= 4 is 11.7 Å². The van der Waals surface area contributed by atoms with E-state index in [-0.39, 0.29) is 22.8 Å². The molecule has 0 radical (unpaired) electrons. The molecule has 0 unspecified atom stereocenters. The number of benzene rings is 2. The maximum absolute atomic E-state index is 13.9. The molecule has 32 heavy (non-hydrogen) atoms. The van der Waals surface area contributed by atoms with Gasteiger partial charge in [0.1, 0.15) is 11.8 Å². The van der Waals surface area contributed by atoms with Crippen molar-refractivity contribution in [2.75, 3.05) is 26.2 Å². The maximum atomic E-state index is 13.9. The number of carbonyl (C=O) groups excluding carboxylic acids is 2. The molecule has 4 heteroatoms. The van der Waals surface area contributed by atoms with Gasteiger partial charge in [0.25, 0.3) is 0 Å². The number of amides is 1. The minimum Gasteiger partial charge on any atom is -0.331 e. The second-order valence-corrected chi connectivity index (χ2v) is 10.8. The van der Waals surface area contributed by atoms with Crippen molar-refractivity contribution in [2.45, 2.75) is 46.1 Å². The summed E-state index contributed by atoms with van der Waals surface area (Å²) in [5, 5.41) is 0. The first-order valence-electron chi connectivity index (χ1n) is 12.1. The molecule has 1 aliphatic heterocycles. The Morgan fingerprint density at radius 2 is 1.41 bits per heavy atom. The third kappa shape index (κ3) is 2.92. The molecular weight excluding hydrogens is 396 g/mol. The quantitative estimate of drug-likeness (QED) is 0.807. The predicted molar refractivity (Wildman–Crippen MR) is 125 cm³/mol. The molecule has 2 saturated carbocycles. The highest BCUT2D eigenvalue weighted by Gasteiger charge is 2.73. The average molecular weight is 432 g/mol. The summed E-state index contributed by atoms with van der Waals surface area (Å²) >= 11 is 0. The van der Waals surface area contributed by atoms with Crippen LogP contribution >= 0.6 is 0 Å². The molecule has 1 saturated heterocycles. The van der Waals surface area contributed by atoms with E-state index in [1.165, 1.54) is 16.0 Å². The lowest BCUT2D eigenvalue weighted by Crippen LogP contribution is -3.15. The zero-order chi connectivity index (χ0) is 22.6. The van der Waals surface area contributed by atoms with Crippen LogP contribution in [0.15, 0.2) is 60.7 Å². The van der Waals surface area contributed by atoms with Crippen molar-refractivity contribution in [3.63, 3.8) is 0 Å². The molecule has 3 aliphatic rings. The molecule has 2 bridgehead atoms. The Morgan fingerprint density at radius 3 is 1.84 bits per heavy atom. The van der Waals surface area contributed by atoms with Gasteiger partial charge in [-0.15, -0.1) is 0 Å². The first-order valence-corrected chi connectivity index (χ1v) is 12.1. The SMILES string of the molecule is CC1(C)[C@@]2(C(=O)N3CC[NH+](C(c4ccccc4)c4ccccc4)CC3)CC[C@]1(C)C(=O)C2. The molecule has 2 aromatic carbocycles. The molecule has 1 amide bonds. The highest BCUT2D eigenvalue weighted by atomic mass is 16.2. The Labute approximate surface area is 191 Å². The summed E-state index contributed by atoms with van der Waals surface area (Å²) in [5.74, 6) is 0.520. The fourth-order valence-corrected chi connectivity index (χ4v) is 6.88. The molecule has 168 valence electrons. The zero-order valence-corrected chi connectivity index (χ0v) is 19.6. The molecule has 2 atom stereocenters. The Hall–Kier alpha value is -2.46. The predicted octanol–water partition coefficient (Wildman–Crippen LogP) is 3.29. The molecule has 0 aromatic heterocycles. The van der Waals surface area contributed by atoms with E-state index in [4.69, 9.17) is 0 Å². The van der Waals surface area contributed by atoms with Crippen LogP contribution in [0.25, 0.3) is 0 Å². The number of ketones is 1. The van der Waals surface area contributed by atoms with Crippen LogP contribution < -0.4 is 4.90 Å². The van der Waals surface area contributed by atoms with E-state index < -0.39 is 5.41 Å². The fourth-order valence-electron chi connectivity index (χ4n) is 6.88. The molecule has 1 heterocycles. The van der Waals surface area contributed by atoms with Crippen LogP contribution in [0.3, 0.4) is 0 Å². The van der Waals surface area contributed by atoms with Crippen LogP contribution in [-0.4, -0.2) is 42.8 Å². The van der Waals surface area contributed by atoms with Crippen molar-refractivity contribution in [3.05, 3.63) is 71.8 Å². The maximum Gasteiger partial charge on any atom is 0.230 e. The summed E-state index contributed by atoms with van der Waals surface area (Å²) < 4.78 is 0. The minimum atomic E-state index is -0.505. The molecule has 3 fully saturated rings. The Bertz CT molecular complexity index is 971. The van der Waals surface area contributed by atoms with Crippen LogP contribution in [0, 0.1) is 16.2 Å². The smallest absolute Gasteiger partial charge is 0.230 e. The van der Waals surface area contributed by atoms with Crippen LogP contribution in [-0.2, 0) is 9.59 Å². The summed E-state index contributed by atoms with van der Waals surface area (Å²) in [6, 6.07) is 21.7. The number of hydrogen-bond acceptors (Lipinski definition) is 2. The summed E-state index contributed by atoms with van der Waals surface area (Å²) in [6.07, 6.45) is 2.13.